The van der Waals surface area contributed by atoms with Crippen LogP contribution >= 0.6 is 0 Å². The number of sulfone groups is 1. The molecule has 23 heteroatoms. The Kier molecular flexibility index (Phi) is 16.7. The van der Waals surface area contributed by atoms with Crippen LogP contribution in [0.25, 0.3) is 10.9 Å². The molecule has 5 N–H and O–H groups in total. The minimum Gasteiger partial charge on any atom is -0.492 e. The molecule has 0 unspecified atom stereocenters. The first-order valence-electron chi connectivity index (χ1n) is 24.7. The largest absolute Gasteiger partial charge is 0.492 e. The molecule has 2 saturated heterocycles. The van der Waals surface area contributed by atoms with Gasteiger partial charge in [-0.15, -0.1) is 0 Å². The number of nitrogens with one attached hydrogen (secondary N) is 5. The standard InChI is InChI=1S/C51H67F2N13O7S/c1-29-30(2)62-63-45(29)61-46-33-23-41(74(71,72)51(7,8)9)40(24-36(33)57-28-58-46)73-20-12-15-64-16-18-65(19-17-64)42-26-55-37(25-56-42)39(67)22-32-21-38(48(69)59-43-34(52)13-11-14-35(43)53)66(27-32)49(70)44(50(4,5)6)60-47(68)31(3)54-10/h11,13-14,23-26,28,31-32,38,44,54H,12,15-22,27H2,1-10H3,(H,59,69)(H,60,68)(H2,57,58,61,62,63)/t31-,32+,38-,44+/m0/s1. The monoisotopic (exact) mass is 1040 g/mol. The number of aromatic nitrogens is 6. The van der Waals surface area contributed by atoms with Gasteiger partial charge < -0.3 is 35.8 Å². The van der Waals surface area contributed by atoms with E-state index in [9.17, 15) is 36.4 Å². The third kappa shape index (κ3) is 12.3. The fraction of sp³-hybridized carbons (Fsp3) is 0.510. The second-order valence-electron chi connectivity index (χ2n) is 21.0. The Bertz CT molecular complexity index is 2970. The van der Waals surface area contributed by atoms with Gasteiger partial charge in [-0.05, 0) is 91.0 Å². The number of carbonyl (C=O) groups excluding carboxylic acids is 4. The highest BCUT2D eigenvalue weighted by atomic mass is 32.2. The number of likely N-dealkylation sites (N-methyl/N-ethyl adjacent to an activating group) is 1. The van der Waals surface area contributed by atoms with Gasteiger partial charge in [0.25, 0.3) is 0 Å². The first-order chi connectivity index (χ1) is 34.9. The van der Waals surface area contributed by atoms with E-state index in [2.05, 4.69) is 61.2 Å². The summed E-state index contributed by atoms with van der Waals surface area (Å²) in [6, 6.07) is 3.46. The maximum Gasteiger partial charge on any atom is 0.247 e. The summed E-state index contributed by atoms with van der Waals surface area (Å²) in [5, 5.41) is 18.9. The van der Waals surface area contributed by atoms with E-state index in [1.54, 1.807) is 73.8 Å². The van der Waals surface area contributed by atoms with Gasteiger partial charge in [0.1, 0.15) is 63.7 Å². The number of ether oxygens (including phenoxy) is 1. The van der Waals surface area contributed by atoms with Crippen LogP contribution in [0.1, 0.15) is 89.5 Å². The van der Waals surface area contributed by atoms with E-state index in [0.717, 1.165) is 23.4 Å². The zero-order valence-corrected chi connectivity index (χ0v) is 44.4. The normalized spacial score (nSPS) is 17.5. The number of benzene rings is 2. The molecule has 0 radical (unpaired) electrons. The molecule has 74 heavy (non-hydrogen) atoms. The molecule has 20 nitrogen and oxygen atoms in total. The molecule has 5 heterocycles. The topological polar surface area (TPSA) is 250 Å². The van der Waals surface area contributed by atoms with E-state index in [0.29, 0.717) is 67.5 Å². The third-order valence-corrected chi connectivity index (χ3v) is 16.2. The van der Waals surface area contributed by atoms with E-state index in [4.69, 9.17) is 4.74 Å². The number of aromatic amines is 1. The number of para-hydroxylation sites is 1. The molecule has 0 spiro atoms. The molecule has 0 saturated carbocycles. The highest BCUT2D eigenvalue weighted by molar-refractivity contribution is 7.92. The van der Waals surface area contributed by atoms with Crippen molar-refractivity contribution in [3.63, 3.8) is 0 Å². The first-order valence-corrected chi connectivity index (χ1v) is 26.2. The van der Waals surface area contributed by atoms with Crippen LogP contribution in [-0.4, -0.2) is 148 Å². The number of amides is 3. The van der Waals surface area contributed by atoms with Crippen molar-refractivity contribution in [2.45, 2.75) is 109 Å². The Morgan fingerprint density at radius 1 is 0.932 bits per heavy atom. The summed E-state index contributed by atoms with van der Waals surface area (Å²) in [7, 11) is -2.26. The van der Waals surface area contributed by atoms with E-state index < -0.39 is 79.1 Å². The second kappa shape index (κ2) is 22.4. The summed E-state index contributed by atoms with van der Waals surface area (Å²) in [6.45, 7) is 19.3. The maximum atomic E-state index is 14.7. The first kappa shape index (κ1) is 55.0. The van der Waals surface area contributed by atoms with Crippen LogP contribution in [0.4, 0.5) is 31.9 Å². The van der Waals surface area contributed by atoms with Crippen molar-refractivity contribution in [1.29, 1.82) is 0 Å². The SMILES string of the molecule is CN[C@@H](C)C(=O)N[C@H](C(=O)N1C[C@@H](CC(=O)c2cnc(N3CCN(CCCOc4cc5ncnc(Nc6n[nH]c(C)c6C)c5cc4S(=O)(=O)C(C)(C)C)CC3)cn2)C[C@H]1C(=O)Nc1c(F)cccc1F)C(C)(C)C. The Hall–Kier alpha value is -6.72. The minimum absolute atomic E-state index is 0.00399. The highest BCUT2D eigenvalue weighted by Gasteiger charge is 2.46. The van der Waals surface area contributed by atoms with Gasteiger partial charge in [-0.3, -0.25) is 29.2 Å². The number of hydrogen-bond acceptors (Lipinski definition) is 16. The van der Waals surface area contributed by atoms with Crippen molar-refractivity contribution in [3.8, 4) is 5.75 Å². The zero-order chi connectivity index (χ0) is 53.9. The van der Waals surface area contributed by atoms with Gasteiger partial charge in [0.2, 0.25) is 17.7 Å². The molecule has 0 aliphatic carbocycles. The van der Waals surface area contributed by atoms with Crippen LogP contribution in [0.2, 0.25) is 0 Å². The van der Waals surface area contributed by atoms with Crippen molar-refractivity contribution >= 4 is 67.4 Å². The molecule has 3 amide bonds. The van der Waals surface area contributed by atoms with Crippen molar-refractivity contribution in [3.05, 3.63) is 77.6 Å². The number of nitrogens with zero attached hydrogens (tertiary/aromatic N) is 8. The number of halogens is 2. The molecule has 3 aromatic heterocycles. The Labute approximate surface area is 430 Å². The highest BCUT2D eigenvalue weighted by Crippen LogP contribution is 2.38. The minimum atomic E-state index is -3.86. The van der Waals surface area contributed by atoms with Gasteiger partial charge in [-0.1, -0.05) is 26.8 Å². The lowest BCUT2D eigenvalue weighted by molar-refractivity contribution is -0.143. The number of anilines is 4. The lowest BCUT2D eigenvalue weighted by atomic mass is 9.85. The number of aryl methyl sites for hydroxylation is 1. The van der Waals surface area contributed by atoms with Crippen molar-refractivity contribution in [2.24, 2.45) is 11.3 Å². The van der Waals surface area contributed by atoms with Crippen molar-refractivity contribution in [1.82, 2.24) is 50.6 Å². The summed E-state index contributed by atoms with van der Waals surface area (Å²) in [5.41, 5.74) is 0.937. The van der Waals surface area contributed by atoms with Gasteiger partial charge in [0, 0.05) is 68.4 Å². The summed E-state index contributed by atoms with van der Waals surface area (Å²) in [5.74, 6) is -2.95. The number of H-pyrrole nitrogens is 1. The van der Waals surface area contributed by atoms with Gasteiger partial charge in [0.15, 0.2) is 21.4 Å². The number of hydrogen-bond donors (Lipinski definition) is 5. The predicted octanol–water partition coefficient (Wildman–Crippen LogP) is 5.51. The summed E-state index contributed by atoms with van der Waals surface area (Å²) in [6.07, 6.45) is 4.87. The summed E-state index contributed by atoms with van der Waals surface area (Å²) in [4.78, 5) is 78.4. The lowest BCUT2D eigenvalue weighted by Gasteiger charge is -2.36. The number of fused-ring (bicyclic) bond motifs is 1. The molecule has 2 fully saturated rings. The van der Waals surface area contributed by atoms with Crippen LogP contribution in [0.15, 0.2) is 53.9 Å². The third-order valence-electron chi connectivity index (χ3n) is 13.7. The zero-order valence-electron chi connectivity index (χ0n) is 43.6. The van der Waals surface area contributed by atoms with Crippen LogP contribution in [-0.2, 0) is 24.2 Å². The average molecular weight is 1040 g/mol. The molecule has 2 aromatic carbocycles. The van der Waals surface area contributed by atoms with Gasteiger partial charge in [-0.25, -0.2) is 37.1 Å². The Morgan fingerprint density at radius 3 is 2.24 bits per heavy atom. The van der Waals surface area contributed by atoms with Crippen molar-refractivity contribution in [2.75, 3.05) is 68.5 Å². The fourth-order valence-electron chi connectivity index (χ4n) is 8.80. The van der Waals surface area contributed by atoms with Crippen LogP contribution in [0, 0.1) is 36.8 Å². The van der Waals surface area contributed by atoms with Gasteiger partial charge in [-0.2, -0.15) is 5.10 Å². The second-order valence-corrected chi connectivity index (χ2v) is 23.7. The average Bonchev–Trinajstić information content (AvgIpc) is 3.93. The predicted molar refractivity (Wildman–Crippen MR) is 276 cm³/mol. The summed E-state index contributed by atoms with van der Waals surface area (Å²) >= 11 is 0. The van der Waals surface area contributed by atoms with E-state index in [1.165, 1.54) is 23.5 Å². The molecule has 7 rings (SSSR count). The lowest BCUT2D eigenvalue weighted by Crippen LogP contribution is -2.59. The van der Waals surface area contributed by atoms with E-state index in [-0.39, 0.29) is 48.1 Å². The maximum absolute atomic E-state index is 14.7. The van der Waals surface area contributed by atoms with Crippen LogP contribution in [0.3, 0.4) is 0 Å². The van der Waals surface area contributed by atoms with Crippen LogP contribution < -0.4 is 30.9 Å². The van der Waals surface area contributed by atoms with Crippen molar-refractivity contribution < 1.29 is 41.1 Å². The molecule has 2 aliphatic rings. The van der Waals surface area contributed by atoms with Crippen LogP contribution in [0.5, 0.6) is 5.75 Å². The number of Topliss-reactive ketones (excluding diaryl/α,β-unsaturated/α-hetero) is 1. The number of likely N-dealkylation sites (tertiary alicyclic amines) is 1. The molecule has 4 atom stereocenters. The Balaban J connectivity index is 0.954. The summed E-state index contributed by atoms with van der Waals surface area (Å²) < 4.78 is 62.4. The Morgan fingerprint density at radius 2 is 1.64 bits per heavy atom. The molecule has 0 bridgehead atoms. The number of rotatable bonds is 18. The van der Waals surface area contributed by atoms with Gasteiger partial charge >= 0.3 is 0 Å². The van der Waals surface area contributed by atoms with E-state index >= 15 is 0 Å². The molecule has 2 aliphatic heterocycles. The van der Waals surface area contributed by atoms with Gasteiger partial charge in [0.05, 0.1) is 35.3 Å². The molecule has 5 aromatic rings. The smallest absolute Gasteiger partial charge is 0.247 e. The number of ketones is 1. The number of piperazine rings is 1. The fourth-order valence-corrected chi connectivity index (χ4v) is 10.1. The number of carbonyl (C=O) groups is 4. The quantitative estimate of drug-likeness (QED) is 0.0536. The molecular formula is C51H67F2N13O7S. The molecular weight excluding hydrogens is 977 g/mol. The molecule has 398 valence electrons. The van der Waals surface area contributed by atoms with E-state index in [1.807, 2.05) is 13.8 Å².